The monoisotopic (exact) mass is 318 g/mol. The van der Waals surface area contributed by atoms with Crippen LogP contribution in [0.1, 0.15) is 23.9 Å². The number of halogens is 1. The van der Waals surface area contributed by atoms with Crippen LogP contribution in [0.2, 0.25) is 5.02 Å². The lowest BCUT2D eigenvalue weighted by atomic mass is 10.3. The Bertz CT molecular complexity index is 803. The molecule has 108 valence electrons. The van der Waals surface area contributed by atoms with Gasteiger partial charge in [-0.25, -0.2) is 9.97 Å². The van der Waals surface area contributed by atoms with E-state index >= 15 is 0 Å². The molecule has 0 unspecified atom stereocenters. The maximum atomic E-state index is 6.09. The average Bonchev–Trinajstić information content (AvgIpc) is 3.08. The van der Waals surface area contributed by atoms with E-state index in [9.17, 15) is 0 Å². The van der Waals surface area contributed by atoms with Crippen molar-refractivity contribution in [1.29, 1.82) is 0 Å². The quantitative estimate of drug-likeness (QED) is 0.799. The molecule has 2 N–H and O–H groups in total. The maximum Gasteiger partial charge on any atom is 0.160 e. The first-order valence-corrected chi connectivity index (χ1v) is 8.34. The van der Waals surface area contributed by atoms with Crippen LogP contribution < -0.4 is 5.73 Å². The largest absolute Gasteiger partial charge is 0.330 e. The molecule has 0 radical (unpaired) electrons. The molecule has 0 atom stereocenters. The van der Waals surface area contributed by atoms with Gasteiger partial charge in [-0.3, -0.25) is 0 Å². The van der Waals surface area contributed by atoms with Gasteiger partial charge in [0.1, 0.15) is 5.69 Å². The van der Waals surface area contributed by atoms with Crippen molar-refractivity contribution in [3.05, 3.63) is 33.6 Å². The zero-order valence-corrected chi connectivity index (χ0v) is 13.0. The summed E-state index contributed by atoms with van der Waals surface area (Å²) in [5.41, 5.74) is 8.64. The topological polar surface area (TPSA) is 56.7 Å². The second kappa shape index (κ2) is 5.09. The molecule has 4 rings (SSSR count). The molecule has 6 heteroatoms. The lowest BCUT2D eigenvalue weighted by Gasteiger charge is -2.05. The summed E-state index contributed by atoms with van der Waals surface area (Å²) in [6.45, 7) is 0.627. The van der Waals surface area contributed by atoms with E-state index in [1.165, 1.54) is 12.8 Å². The summed E-state index contributed by atoms with van der Waals surface area (Å²) >= 11 is 7.74. The van der Waals surface area contributed by atoms with Gasteiger partial charge in [-0.05, 0) is 37.6 Å². The van der Waals surface area contributed by atoms with Crippen LogP contribution in [0.5, 0.6) is 0 Å². The number of fused-ring (bicyclic) bond motifs is 1. The summed E-state index contributed by atoms with van der Waals surface area (Å²) in [6, 6.07) is 6.45. The van der Waals surface area contributed by atoms with E-state index in [1.54, 1.807) is 11.3 Å². The fourth-order valence-corrected chi connectivity index (χ4v) is 3.57. The minimum Gasteiger partial charge on any atom is -0.330 e. The molecule has 4 nitrogen and oxygen atoms in total. The zero-order chi connectivity index (χ0) is 14.4. The zero-order valence-electron chi connectivity index (χ0n) is 11.4. The van der Waals surface area contributed by atoms with Gasteiger partial charge < -0.3 is 10.3 Å². The predicted molar refractivity (Wildman–Crippen MR) is 86.9 cm³/mol. The number of imidazole rings is 1. The molecular formula is C15H15ClN4S. The minimum atomic E-state index is 0.547. The van der Waals surface area contributed by atoms with E-state index in [1.807, 2.05) is 12.1 Å². The van der Waals surface area contributed by atoms with E-state index in [4.69, 9.17) is 22.3 Å². The fraction of sp³-hybridized carbons (Fsp3) is 0.333. The second-order valence-corrected chi connectivity index (χ2v) is 6.71. The summed E-state index contributed by atoms with van der Waals surface area (Å²) in [6.07, 6.45) is 3.24. The fourth-order valence-electron chi connectivity index (χ4n) is 2.61. The van der Waals surface area contributed by atoms with Gasteiger partial charge in [0.15, 0.2) is 5.82 Å². The number of nitrogens with zero attached hydrogens (tertiary/aromatic N) is 3. The van der Waals surface area contributed by atoms with Gasteiger partial charge in [-0.15, -0.1) is 11.3 Å². The van der Waals surface area contributed by atoms with Crippen molar-refractivity contribution in [3.63, 3.8) is 0 Å². The third kappa shape index (κ3) is 2.35. The summed E-state index contributed by atoms with van der Waals surface area (Å²) in [4.78, 5) is 9.45. The Balaban J connectivity index is 1.88. The Labute approximate surface area is 131 Å². The molecule has 1 aliphatic rings. The van der Waals surface area contributed by atoms with E-state index in [0.717, 1.165) is 39.0 Å². The normalized spacial score (nSPS) is 15.0. The van der Waals surface area contributed by atoms with E-state index in [2.05, 4.69) is 21.0 Å². The smallest absolute Gasteiger partial charge is 0.160 e. The number of nitrogens with two attached hydrogens (primary N) is 1. The van der Waals surface area contributed by atoms with Gasteiger partial charge in [-0.1, -0.05) is 11.6 Å². The van der Waals surface area contributed by atoms with Gasteiger partial charge in [-0.2, -0.15) is 0 Å². The van der Waals surface area contributed by atoms with Crippen LogP contribution >= 0.6 is 22.9 Å². The molecule has 0 bridgehead atoms. The van der Waals surface area contributed by atoms with Gasteiger partial charge in [0.2, 0.25) is 0 Å². The Hall–Kier alpha value is -1.43. The Morgan fingerprint density at radius 3 is 2.95 bits per heavy atom. The highest BCUT2D eigenvalue weighted by Gasteiger charge is 2.29. The van der Waals surface area contributed by atoms with Crippen LogP contribution in [-0.2, 0) is 6.42 Å². The highest BCUT2D eigenvalue weighted by molar-refractivity contribution is 7.09. The summed E-state index contributed by atoms with van der Waals surface area (Å²) in [5, 5.41) is 3.86. The molecule has 0 amide bonds. The van der Waals surface area contributed by atoms with Crippen LogP contribution in [-0.4, -0.2) is 21.1 Å². The average molecular weight is 319 g/mol. The predicted octanol–water partition coefficient (Wildman–Crippen LogP) is 3.65. The SMILES string of the molecule is NCCc1nc(-c2nc3cc(Cl)ccc3n2C2CC2)cs1. The van der Waals surface area contributed by atoms with Gasteiger partial charge in [0.25, 0.3) is 0 Å². The van der Waals surface area contributed by atoms with Gasteiger partial charge in [0.05, 0.1) is 16.0 Å². The Morgan fingerprint density at radius 2 is 2.19 bits per heavy atom. The second-order valence-electron chi connectivity index (χ2n) is 5.33. The molecule has 3 aromatic rings. The van der Waals surface area contributed by atoms with Crippen molar-refractivity contribution in [2.24, 2.45) is 5.73 Å². The van der Waals surface area contributed by atoms with E-state index in [0.29, 0.717) is 12.6 Å². The summed E-state index contributed by atoms with van der Waals surface area (Å²) < 4.78 is 2.31. The number of aromatic nitrogens is 3. The first-order valence-electron chi connectivity index (χ1n) is 7.08. The van der Waals surface area contributed by atoms with Gasteiger partial charge >= 0.3 is 0 Å². The molecule has 1 aromatic carbocycles. The van der Waals surface area contributed by atoms with Crippen LogP contribution in [0.25, 0.3) is 22.6 Å². The van der Waals surface area contributed by atoms with Crippen molar-refractivity contribution in [1.82, 2.24) is 14.5 Å². The minimum absolute atomic E-state index is 0.547. The van der Waals surface area contributed by atoms with Crippen molar-refractivity contribution in [2.45, 2.75) is 25.3 Å². The summed E-state index contributed by atoms with van der Waals surface area (Å²) in [5.74, 6) is 0.953. The molecule has 1 fully saturated rings. The highest BCUT2D eigenvalue weighted by Crippen LogP contribution is 2.41. The molecule has 2 heterocycles. The summed E-state index contributed by atoms with van der Waals surface area (Å²) in [7, 11) is 0. The number of hydrogen-bond acceptors (Lipinski definition) is 4. The molecule has 1 saturated carbocycles. The number of rotatable bonds is 4. The molecule has 0 saturated heterocycles. The van der Waals surface area contributed by atoms with Crippen molar-refractivity contribution in [3.8, 4) is 11.5 Å². The molecule has 2 aromatic heterocycles. The molecule has 0 aliphatic heterocycles. The number of benzene rings is 1. The molecular weight excluding hydrogens is 304 g/mol. The third-order valence-corrected chi connectivity index (χ3v) is 4.85. The van der Waals surface area contributed by atoms with Gasteiger partial charge in [0, 0.05) is 22.9 Å². The van der Waals surface area contributed by atoms with Crippen molar-refractivity contribution >= 4 is 34.0 Å². The molecule has 21 heavy (non-hydrogen) atoms. The standard InChI is InChI=1S/C15H15ClN4S/c16-9-1-4-13-11(7-9)19-15(20(13)10-2-3-10)12-8-21-14(18-12)5-6-17/h1,4,7-8,10H,2-3,5-6,17H2. The number of hydrogen-bond donors (Lipinski definition) is 1. The van der Waals surface area contributed by atoms with Crippen LogP contribution in [0.4, 0.5) is 0 Å². The lowest BCUT2D eigenvalue weighted by molar-refractivity contribution is 0.772. The van der Waals surface area contributed by atoms with Crippen molar-refractivity contribution in [2.75, 3.05) is 6.54 Å². The van der Waals surface area contributed by atoms with E-state index in [-0.39, 0.29) is 0 Å². The lowest BCUT2D eigenvalue weighted by Crippen LogP contribution is -2.02. The molecule has 1 aliphatic carbocycles. The molecule has 0 spiro atoms. The van der Waals surface area contributed by atoms with Crippen molar-refractivity contribution < 1.29 is 0 Å². The number of thiazole rings is 1. The van der Waals surface area contributed by atoms with Crippen LogP contribution in [0.3, 0.4) is 0 Å². The maximum absolute atomic E-state index is 6.09. The first-order chi connectivity index (χ1) is 10.3. The Morgan fingerprint density at radius 1 is 1.33 bits per heavy atom. The van der Waals surface area contributed by atoms with E-state index < -0.39 is 0 Å². The Kier molecular flexibility index (Phi) is 3.21. The highest BCUT2D eigenvalue weighted by atomic mass is 35.5. The first kappa shape index (κ1) is 13.2. The van der Waals surface area contributed by atoms with Crippen LogP contribution in [0.15, 0.2) is 23.6 Å². The third-order valence-electron chi connectivity index (χ3n) is 3.70. The van der Waals surface area contributed by atoms with Crippen LogP contribution in [0, 0.1) is 0 Å².